The molecule has 5 rings (SSSR count). The number of benzene rings is 4. The van der Waals surface area contributed by atoms with Crippen molar-refractivity contribution in [3.05, 3.63) is 94.9 Å². The number of hydrogen-bond acceptors (Lipinski definition) is 3. The van der Waals surface area contributed by atoms with E-state index < -0.39 is 0 Å². The molecule has 1 fully saturated rings. The molecule has 1 heterocycles. The zero-order valence-electron chi connectivity index (χ0n) is 16.7. The Labute approximate surface area is 180 Å². The predicted molar refractivity (Wildman–Crippen MR) is 128 cm³/mol. The third-order valence-corrected chi connectivity index (χ3v) is 6.51. The highest BCUT2D eigenvalue weighted by molar-refractivity contribution is 8.05. The van der Waals surface area contributed by atoms with Gasteiger partial charge in [0.05, 0.1) is 4.91 Å². The number of carbonyl (C=O) groups is 1. The molecular weight excluding hydrogens is 388 g/mol. The summed E-state index contributed by atoms with van der Waals surface area (Å²) >= 11 is 1.52. The van der Waals surface area contributed by atoms with Gasteiger partial charge in [-0.05, 0) is 63.4 Å². The van der Waals surface area contributed by atoms with Gasteiger partial charge in [0.25, 0.3) is 5.91 Å². The van der Waals surface area contributed by atoms with Gasteiger partial charge in [0.1, 0.15) is 0 Å². The van der Waals surface area contributed by atoms with E-state index in [-0.39, 0.29) is 11.4 Å². The summed E-state index contributed by atoms with van der Waals surface area (Å²) in [7, 11) is 0. The van der Waals surface area contributed by atoms with Gasteiger partial charge in [-0.3, -0.25) is 4.79 Å². The summed E-state index contributed by atoms with van der Waals surface area (Å²) in [4.78, 5) is 13.4. The lowest BCUT2D eigenvalue weighted by Crippen LogP contribution is -2.30. The van der Waals surface area contributed by atoms with E-state index >= 15 is 0 Å². The fourth-order valence-corrected chi connectivity index (χ4v) is 4.86. The van der Waals surface area contributed by atoms with Gasteiger partial charge in [-0.25, -0.2) is 0 Å². The van der Waals surface area contributed by atoms with E-state index in [9.17, 15) is 4.79 Å². The van der Waals surface area contributed by atoms with Gasteiger partial charge in [0.15, 0.2) is 5.50 Å². The molecule has 1 saturated heterocycles. The molecule has 0 bridgehead atoms. The molecule has 1 atom stereocenters. The van der Waals surface area contributed by atoms with Crippen LogP contribution in [0.2, 0.25) is 0 Å². The fraction of sp³-hybridized carbons (Fsp3) is 0.115. The fourth-order valence-electron chi connectivity index (χ4n) is 3.89. The zero-order chi connectivity index (χ0) is 20.5. The second-order valence-corrected chi connectivity index (χ2v) is 8.55. The van der Waals surface area contributed by atoms with Gasteiger partial charge in [0.2, 0.25) is 0 Å². The lowest BCUT2D eigenvalue weighted by Gasteiger charge is -2.13. The first-order chi connectivity index (χ1) is 14.7. The Bertz CT molecular complexity index is 1220. The van der Waals surface area contributed by atoms with Gasteiger partial charge in [-0.1, -0.05) is 79.3 Å². The maximum Gasteiger partial charge on any atom is 0.260 e. The van der Waals surface area contributed by atoms with E-state index in [1.165, 1.54) is 28.1 Å². The van der Waals surface area contributed by atoms with Crippen LogP contribution >= 0.6 is 11.8 Å². The second kappa shape index (κ2) is 7.88. The molecule has 1 amide bonds. The third-order valence-electron chi connectivity index (χ3n) is 5.48. The van der Waals surface area contributed by atoms with Crippen LogP contribution in [0.1, 0.15) is 18.1 Å². The maximum absolute atomic E-state index is 12.7. The van der Waals surface area contributed by atoms with Crippen LogP contribution in [-0.2, 0) is 11.2 Å². The molecule has 2 N–H and O–H groups in total. The van der Waals surface area contributed by atoms with Crippen LogP contribution < -0.4 is 10.6 Å². The van der Waals surface area contributed by atoms with Crippen molar-refractivity contribution in [3.8, 4) is 0 Å². The summed E-state index contributed by atoms with van der Waals surface area (Å²) < 4.78 is 0. The van der Waals surface area contributed by atoms with Gasteiger partial charge in [0, 0.05) is 5.69 Å². The molecule has 0 radical (unpaired) electrons. The summed E-state index contributed by atoms with van der Waals surface area (Å²) in [6.45, 7) is 2.14. The van der Waals surface area contributed by atoms with Crippen LogP contribution in [0.25, 0.3) is 27.6 Å². The highest BCUT2D eigenvalue weighted by atomic mass is 32.2. The molecule has 0 aliphatic carbocycles. The zero-order valence-corrected chi connectivity index (χ0v) is 17.5. The molecule has 0 unspecified atom stereocenters. The summed E-state index contributed by atoms with van der Waals surface area (Å²) in [6, 6.07) is 27.2. The number of hydrogen-bond donors (Lipinski definition) is 2. The van der Waals surface area contributed by atoms with Crippen LogP contribution in [0, 0.1) is 0 Å². The summed E-state index contributed by atoms with van der Waals surface area (Å²) in [5, 5.41) is 11.1. The van der Waals surface area contributed by atoms with E-state index in [0.29, 0.717) is 0 Å². The third kappa shape index (κ3) is 3.55. The SMILES string of the molecule is CCc1ccc(N[C@H]2NC(=O)/C(=C/c3c4ccccc4cc4ccccc34)S2)cc1. The van der Waals surface area contributed by atoms with Crippen molar-refractivity contribution in [3.63, 3.8) is 0 Å². The Balaban J connectivity index is 1.50. The maximum atomic E-state index is 12.7. The van der Waals surface area contributed by atoms with Crippen LogP contribution in [0.4, 0.5) is 5.69 Å². The van der Waals surface area contributed by atoms with Crippen LogP contribution in [0.3, 0.4) is 0 Å². The number of nitrogens with one attached hydrogen (secondary N) is 2. The first kappa shape index (κ1) is 18.8. The number of aryl methyl sites for hydroxylation is 1. The largest absolute Gasteiger partial charge is 0.357 e. The Morgan fingerprint density at radius 3 is 2.20 bits per heavy atom. The van der Waals surface area contributed by atoms with Crippen molar-refractivity contribution in [2.24, 2.45) is 0 Å². The molecule has 4 heteroatoms. The summed E-state index contributed by atoms with van der Waals surface area (Å²) in [6.07, 6.45) is 3.05. The van der Waals surface area contributed by atoms with E-state index in [4.69, 9.17) is 0 Å². The highest BCUT2D eigenvalue weighted by Crippen LogP contribution is 2.35. The molecule has 3 nitrogen and oxygen atoms in total. The minimum Gasteiger partial charge on any atom is -0.357 e. The molecule has 4 aromatic rings. The number of anilines is 1. The summed E-state index contributed by atoms with van der Waals surface area (Å²) in [5.74, 6) is -0.0420. The van der Waals surface area contributed by atoms with E-state index in [2.05, 4.69) is 84.3 Å². The van der Waals surface area contributed by atoms with Crippen molar-refractivity contribution >= 4 is 51.0 Å². The molecule has 0 saturated carbocycles. The molecule has 0 spiro atoms. The smallest absolute Gasteiger partial charge is 0.260 e. The Morgan fingerprint density at radius 2 is 1.57 bits per heavy atom. The first-order valence-corrected chi connectivity index (χ1v) is 11.0. The van der Waals surface area contributed by atoms with Gasteiger partial charge in [-0.15, -0.1) is 0 Å². The van der Waals surface area contributed by atoms with Gasteiger partial charge < -0.3 is 10.6 Å². The number of amides is 1. The van der Waals surface area contributed by atoms with Crippen LogP contribution in [-0.4, -0.2) is 11.4 Å². The number of carbonyl (C=O) groups excluding carboxylic acids is 1. The molecule has 148 valence electrons. The average molecular weight is 411 g/mol. The number of rotatable bonds is 4. The number of thioether (sulfide) groups is 1. The first-order valence-electron chi connectivity index (χ1n) is 10.2. The van der Waals surface area contributed by atoms with E-state index in [1.807, 2.05) is 18.2 Å². The van der Waals surface area contributed by atoms with Crippen molar-refractivity contribution in [2.45, 2.75) is 18.8 Å². The quantitative estimate of drug-likeness (QED) is 0.313. The number of fused-ring (bicyclic) bond motifs is 2. The van der Waals surface area contributed by atoms with Crippen LogP contribution in [0.15, 0.2) is 83.8 Å². The van der Waals surface area contributed by atoms with E-state index in [0.717, 1.165) is 33.3 Å². The van der Waals surface area contributed by atoms with Crippen LogP contribution in [0.5, 0.6) is 0 Å². The standard InChI is InChI=1S/C26H22N2OS/c1-2-17-11-13-20(14-12-17)27-26-28-25(29)24(30-26)16-23-21-9-5-3-7-18(21)15-19-8-4-6-10-22(19)23/h3-16,26-27H,2H2,1H3,(H,28,29)/b24-16-/t26-/m0/s1. The monoisotopic (exact) mass is 410 g/mol. The second-order valence-electron chi connectivity index (χ2n) is 7.41. The average Bonchev–Trinajstić information content (AvgIpc) is 3.12. The van der Waals surface area contributed by atoms with Gasteiger partial charge in [-0.2, -0.15) is 0 Å². The Kier molecular flexibility index (Phi) is 4.93. The molecule has 30 heavy (non-hydrogen) atoms. The minimum absolute atomic E-state index is 0.0420. The molecule has 1 aliphatic heterocycles. The minimum atomic E-state index is -0.183. The van der Waals surface area contributed by atoms with Crippen molar-refractivity contribution in [1.29, 1.82) is 0 Å². The molecule has 4 aromatic carbocycles. The Morgan fingerprint density at radius 1 is 0.933 bits per heavy atom. The lowest BCUT2D eigenvalue weighted by molar-refractivity contribution is -0.116. The van der Waals surface area contributed by atoms with E-state index in [1.54, 1.807) is 0 Å². The molecular formula is C26H22N2OS. The lowest BCUT2D eigenvalue weighted by atomic mass is 9.96. The van der Waals surface area contributed by atoms with Gasteiger partial charge >= 0.3 is 0 Å². The van der Waals surface area contributed by atoms with Crippen molar-refractivity contribution in [2.75, 3.05) is 5.32 Å². The highest BCUT2D eigenvalue weighted by Gasteiger charge is 2.27. The summed E-state index contributed by atoms with van der Waals surface area (Å²) in [5.41, 5.74) is 3.21. The Hall–Kier alpha value is -3.24. The normalized spacial score (nSPS) is 17.6. The van der Waals surface area contributed by atoms with Crippen molar-refractivity contribution in [1.82, 2.24) is 5.32 Å². The van der Waals surface area contributed by atoms with Crippen molar-refractivity contribution < 1.29 is 4.79 Å². The topological polar surface area (TPSA) is 41.1 Å². The predicted octanol–water partition coefficient (Wildman–Crippen LogP) is 6.16. The molecule has 0 aromatic heterocycles. The molecule has 1 aliphatic rings.